The lowest BCUT2D eigenvalue weighted by Crippen LogP contribution is -2.19. The number of fused-ring (bicyclic) bond motifs is 2. The largest absolute Gasteiger partial charge is 0.355 e. The Hall–Kier alpha value is -2.84. The molecular weight excluding hydrogens is 338 g/mol. The minimum atomic E-state index is -3.28. The van der Waals surface area contributed by atoms with Gasteiger partial charge < -0.3 is 16.2 Å². The van der Waals surface area contributed by atoms with Crippen molar-refractivity contribution in [3.8, 4) is 0 Å². The molecule has 0 saturated heterocycles. The second kappa shape index (κ2) is 5.61. The first-order chi connectivity index (χ1) is 11.9. The van der Waals surface area contributed by atoms with Crippen LogP contribution in [0.25, 0.3) is 10.9 Å². The van der Waals surface area contributed by atoms with Crippen molar-refractivity contribution in [2.75, 3.05) is 22.4 Å². The van der Waals surface area contributed by atoms with Crippen LogP contribution < -0.4 is 21.7 Å². The van der Waals surface area contributed by atoms with E-state index >= 15 is 0 Å². The molecule has 0 amide bonds. The van der Waals surface area contributed by atoms with E-state index in [4.69, 9.17) is 0 Å². The lowest BCUT2D eigenvalue weighted by molar-refractivity contribution is 0.602. The van der Waals surface area contributed by atoms with Crippen LogP contribution in [0.15, 0.2) is 47.5 Å². The normalized spacial score (nSPS) is 13.2. The van der Waals surface area contributed by atoms with Gasteiger partial charge >= 0.3 is 0 Å². The van der Waals surface area contributed by atoms with Crippen LogP contribution in [0.1, 0.15) is 5.56 Å². The maximum atomic E-state index is 11.9. The van der Waals surface area contributed by atoms with Crippen molar-refractivity contribution in [2.24, 2.45) is 0 Å². The van der Waals surface area contributed by atoms with Crippen LogP contribution in [0.3, 0.4) is 0 Å². The molecule has 2 heterocycles. The van der Waals surface area contributed by atoms with Crippen LogP contribution in [0.2, 0.25) is 0 Å². The summed E-state index contributed by atoms with van der Waals surface area (Å²) >= 11 is 0. The van der Waals surface area contributed by atoms with E-state index < -0.39 is 9.84 Å². The highest BCUT2D eigenvalue weighted by Crippen LogP contribution is 2.34. The van der Waals surface area contributed by atoms with Crippen molar-refractivity contribution >= 4 is 43.5 Å². The number of rotatable bonds is 3. The Labute approximate surface area is 145 Å². The molecule has 4 rings (SSSR count). The van der Waals surface area contributed by atoms with Crippen LogP contribution >= 0.6 is 0 Å². The molecule has 0 fully saturated rings. The molecule has 1 aromatic heterocycles. The van der Waals surface area contributed by atoms with E-state index in [2.05, 4.69) is 26.7 Å². The second-order valence-electron chi connectivity index (χ2n) is 6.02. The predicted molar refractivity (Wildman–Crippen MR) is 99.7 cm³/mol. The van der Waals surface area contributed by atoms with Gasteiger partial charge in [0.2, 0.25) is 0 Å². The quantitative estimate of drug-likeness (QED) is 0.574. The molecule has 7 nitrogen and oxygen atoms in total. The van der Waals surface area contributed by atoms with Crippen molar-refractivity contribution in [3.05, 3.63) is 48.2 Å². The molecule has 128 valence electrons. The monoisotopic (exact) mass is 355 g/mol. The molecule has 0 unspecified atom stereocenters. The number of anilines is 4. The van der Waals surface area contributed by atoms with Crippen molar-refractivity contribution in [3.63, 3.8) is 0 Å². The summed E-state index contributed by atoms with van der Waals surface area (Å²) in [6, 6.07) is 10.8. The van der Waals surface area contributed by atoms with E-state index in [1.165, 1.54) is 6.26 Å². The van der Waals surface area contributed by atoms with Crippen molar-refractivity contribution < 1.29 is 8.42 Å². The smallest absolute Gasteiger partial charge is 0.175 e. The molecule has 0 saturated carbocycles. The van der Waals surface area contributed by atoms with Crippen LogP contribution in [0.5, 0.6) is 0 Å². The maximum absolute atomic E-state index is 11.9. The first-order valence-corrected chi connectivity index (χ1v) is 9.58. The maximum Gasteiger partial charge on any atom is 0.175 e. The number of aryl methyl sites for hydroxylation is 1. The minimum Gasteiger partial charge on any atom is -0.355 e. The molecule has 0 bridgehead atoms. The lowest BCUT2D eigenvalue weighted by atomic mass is 10.1. The third-order valence-corrected chi connectivity index (χ3v) is 5.28. The summed E-state index contributed by atoms with van der Waals surface area (Å²) in [5, 5.41) is 4.15. The lowest BCUT2D eigenvalue weighted by Gasteiger charge is -2.13. The van der Waals surface area contributed by atoms with Crippen LogP contribution in [0.4, 0.5) is 22.7 Å². The minimum absolute atomic E-state index is 0.275. The molecule has 0 spiro atoms. The molecule has 3 aromatic rings. The Balaban J connectivity index is 1.82. The van der Waals surface area contributed by atoms with Gasteiger partial charge in [0.05, 0.1) is 21.8 Å². The summed E-state index contributed by atoms with van der Waals surface area (Å²) < 4.78 is 23.7. The molecule has 2 aromatic carbocycles. The van der Waals surface area contributed by atoms with Gasteiger partial charge in [-0.05, 0) is 48.9 Å². The third kappa shape index (κ3) is 2.86. The fourth-order valence-electron chi connectivity index (χ4n) is 2.83. The zero-order valence-electron chi connectivity index (χ0n) is 13.7. The molecule has 0 radical (unpaired) electrons. The second-order valence-corrected chi connectivity index (χ2v) is 8.04. The first kappa shape index (κ1) is 15.7. The van der Waals surface area contributed by atoms with Gasteiger partial charge in [0.15, 0.2) is 9.84 Å². The predicted octanol–water partition coefficient (Wildman–Crippen LogP) is 2.95. The fourth-order valence-corrected chi connectivity index (χ4v) is 3.47. The molecule has 0 aliphatic carbocycles. The summed E-state index contributed by atoms with van der Waals surface area (Å²) in [6.45, 7) is 2.01. The van der Waals surface area contributed by atoms with Crippen molar-refractivity contribution in [1.82, 2.24) is 10.5 Å². The summed E-state index contributed by atoms with van der Waals surface area (Å²) in [5.41, 5.74) is 14.3. The van der Waals surface area contributed by atoms with Gasteiger partial charge in [0.25, 0.3) is 0 Å². The highest BCUT2D eigenvalue weighted by Gasteiger charge is 2.14. The number of hydrazine groups is 2. The molecule has 4 N–H and O–H groups in total. The van der Waals surface area contributed by atoms with Gasteiger partial charge in [-0.1, -0.05) is 0 Å². The van der Waals surface area contributed by atoms with Crippen molar-refractivity contribution in [1.29, 1.82) is 0 Å². The van der Waals surface area contributed by atoms with Crippen LogP contribution in [-0.4, -0.2) is 19.7 Å². The van der Waals surface area contributed by atoms with E-state index in [1.54, 1.807) is 24.4 Å². The topological polar surface area (TPSA) is 95.2 Å². The van der Waals surface area contributed by atoms with E-state index in [0.29, 0.717) is 0 Å². The van der Waals surface area contributed by atoms with Gasteiger partial charge in [0.1, 0.15) is 0 Å². The Morgan fingerprint density at radius 3 is 2.52 bits per heavy atom. The first-order valence-electron chi connectivity index (χ1n) is 7.69. The number of pyridine rings is 1. The van der Waals surface area contributed by atoms with Crippen LogP contribution in [-0.2, 0) is 9.84 Å². The summed E-state index contributed by atoms with van der Waals surface area (Å²) in [6.07, 6.45) is 2.91. The van der Waals surface area contributed by atoms with Crippen LogP contribution in [0, 0.1) is 6.92 Å². The highest BCUT2D eigenvalue weighted by molar-refractivity contribution is 7.90. The van der Waals surface area contributed by atoms with Crippen molar-refractivity contribution in [2.45, 2.75) is 11.8 Å². The number of benzene rings is 2. The average Bonchev–Trinajstić information content (AvgIpc) is 3.01. The number of aromatic nitrogens is 1. The standard InChI is InChI=1S/C17H17N5O2S/c1-10-7-16-17(21-22-20-16)9-15(10)19-14-5-6-18-13-4-3-11(8-12(13)14)25(2,23)24/h3-9,20-22H,1-2H3,(H,18,19). The molecule has 1 aliphatic rings. The average molecular weight is 355 g/mol. The molecule has 25 heavy (non-hydrogen) atoms. The van der Waals surface area contributed by atoms with Gasteiger partial charge in [-0.3, -0.25) is 4.98 Å². The third-order valence-electron chi connectivity index (χ3n) is 4.17. The zero-order chi connectivity index (χ0) is 17.6. The Morgan fingerprint density at radius 1 is 1.00 bits per heavy atom. The number of nitrogens with one attached hydrogen (secondary N) is 4. The van der Waals surface area contributed by atoms with Gasteiger partial charge in [-0.25, -0.2) is 8.42 Å². The number of hydrogen-bond acceptors (Lipinski definition) is 7. The van der Waals surface area contributed by atoms with E-state index in [-0.39, 0.29) is 4.90 Å². The summed E-state index contributed by atoms with van der Waals surface area (Å²) in [7, 11) is -3.28. The van der Waals surface area contributed by atoms with Gasteiger partial charge in [0, 0.05) is 29.2 Å². The number of nitrogens with zero attached hydrogens (tertiary/aromatic N) is 1. The van der Waals surface area contributed by atoms with E-state index in [9.17, 15) is 8.42 Å². The summed E-state index contributed by atoms with van der Waals surface area (Å²) in [4.78, 5) is 4.59. The van der Waals surface area contributed by atoms with E-state index in [1.807, 2.05) is 25.1 Å². The fraction of sp³-hybridized carbons (Fsp3) is 0.118. The number of hydrogen-bond donors (Lipinski definition) is 4. The van der Waals surface area contributed by atoms with Gasteiger partial charge in [-0.2, -0.15) is 0 Å². The molecule has 1 aliphatic heterocycles. The summed E-state index contributed by atoms with van der Waals surface area (Å²) in [5.74, 6) is 0. The highest BCUT2D eigenvalue weighted by atomic mass is 32.2. The molecular formula is C17H17N5O2S. The molecule has 8 heteroatoms. The molecule has 0 atom stereocenters. The zero-order valence-corrected chi connectivity index (χ0v) is 14.5. The Bertz CT molecular complexity index is 1100. The van der Waals surface area contributed by atoms with E-state index in [0.717, 1.165) is 39.2 Å². The SMILES string of the molecule is Cc1cc2c(cc1Nc1ccnc3ccc(S(C)(=O)=O)cc13)NNN2. The Kier molecular flexibility index (Phi) is 3.52. The van der Waals surface area contributed by atoms with Gasteiger partial charge in [-0.15, -0.1) is 5.53 Å². The number of sulfone groups is 1. The Morgan fingerprint density at radius 2 is 1.76 bits per heavy atom.